The second-order valence-electron chi connectivity index (χ2n) is 13.1. The molecule has 0 aliphatic heterocycles. The molecule has 0 saturated carbocycles. The maximum atomic E-state index is 12.2. The Morgan fingerprint density at radius 1 is 0.365 bits per heavy atom. The molecule has 15 nitrogen and oxygen atoms in total. The van der Waals surface area contributed by atoms with Gasteiger partial charge in [-0.25, -0.2) is 0 Å². The number of ether oxygens (including phenoxy) is 3. The van der Waals surface area contributed by atoms with Crippen molar-refractivity contribution in [3.05, 3.63) is 0 Å². The van der Waals surface area contributed by atoms with E-state index < -0.39 is 17.9 Å². The summed E-state index contributed by atoms with van der Waals surface area (Å²) in [5.41, 5.74) is 0. The average Bonchev–Trinajstić information content (AvgIpc) is 3.09. The fourth-order valence-corrected chi connectivity index (χ4v) is 5.13. The standard InChI is InChI=1S/C37H67N3O12/c41-32(38-22-13-7-1-4-10-16-35(44)45)19-25-50-28-31(29-51-26-20-33(42)39-23-14-8-2-5-11-17-36(46)47)30-52-27-21-34(43)40-24-15-9-3-6-12-18-37(48)49/h31H,1-30H2,(H,38,41)(H,39,42)(H,40,43)(H,44,45)(H,46,47)(H,48,49). The highest BCUT2D eigenvalue weighted by Crippen LogP contribution is 2.08. The summed E-state index contributed by atoms with van der Waals surface area (Å²) >= 11 is 0. The first-order valence-corrected chi connectivity index (χ1v) is 19.3. The third-order valence-corrected chi connectivity index (χ3v) is 8.15. The number of carboxylic acid groups (broad SMARTS) is 3. The lowest BCUT2D eigenvalue weighted by Crippen LogP contribution is -2.28. The van der Waals surface area contributed by atoms with Gasteiger partial charge in [-0.1, -0.05) is 57.8 Å². The molecule has 0 bridgehead atoms. The minimum Gasteiger partial charge on any atom is -0.481 e. The molecule has 0 aromatic heterocycles. The van der Waals surface area contributed by atoms with E-state index in [2.05, 4.69) is 16.0 Å². The van der Waals surface area contributed by atoms with Crippen molar-refractivity contribution in [2.24, 2.45) is 5.92 Å². The fraction of sp³-hybridized carbons (Fsp3) is 0.838. The van der Waals surface area contributed by atoms with Crippen molar-refractivity contribution in [3.63, 3.8) is 0 Å². The van der Waals surface area contributed by atoms with Crippen LogP contribution in [0.1, 0.15) is 135 Å². The summed E-state index contributed by atoms with van der Waals surface area (Å²) in [6, 6.07) is 0. The van der Waals surface area contributed by atoms with E-state index in [1.807, 2.05) is 0 Å². The Morgan fingerprint density at radius 3 is 0.885 bits per heavy atom. The maximum absolute atomic E-state index is 12.2. The topological polar surface area (TPSA) is 227 Å². The quantitative estimate of drug-likeness (QED) is 0.0480. The molecule has 52 heavy (non-hydrogen) atoms. The molecule has 15 heteroatoms. The summed E-state index contributed by atoms with van der Waals surface area (Å²) in [4.78, 5) is 68.2. The van der Waals surface area contributed by atoms with E-state index in [-0.39, 0.29) is 102 Å². The van der Waals surface area contributed by atoms with Gasteiger partial charge in [-0.3, -0.25) is 28.8 Å². The van der Waals surface area contributed by atoms with Crippen molar-refractivity contribution in [1.29, 1.82) is 0 Å². The Labute approximate surface area is 309 Å². The summed E-state index contributed by atoms with van der Waals surface area (Å²) < 4.78 is 17.3. The minimum atomic E-state index is -0.778. The minimum absolute atomic E-state index is 0.108. The van der Waals surface area contributed by atoms with Gasteiger partial charge in [-0.2, -0.15) is 0 Å². The number of carbonyl (C=O) groups excluding carboxylic acids is 3. The Morgan fingerprint density at radius 2 is 0.615 bits per heavy atom. The number of hydrogen-bond acceptors (Lipinski definition) is 9. The summed E-state index contributed by atoms with van der Waals surface area (Å²) in [5.74, 6) is -2.83. The molecule has 0 aliphatic rings. The van der Waals surface area contributed by atoms with E-state index in [1.54, 1.807) is 0 Å². The van der Waals surface area contributed by atoms with Crippen LogP contribution in [0, 0.1) is 5.92 Å². The molecule has 0 fully saturated rings. The first-order chi connectivity index (χ1) is 25.1. The number of rotatable bonds is 39. The van der Waals surface area contributed by atoms with E-state index in [0.717, 1.165) is 77.0 Å². The van der Waals surface area contributed by atoms with Gasteiger partial charge in [0.25, 0.3) is 0 Å². The van der Waals surface area contributed by atoms with Gasteiger partial charge < -0.3 is 45.5 Å². The Bertz CT molecular complexity index is 847. The maximum Gasteiger partial charge on any atom is 0.303 e. The Hall–Kier alpha value is -3.30. The van der Waals surface area contributed by atoms with Crippen molar-refractivity contribution < 1.29 is 58.3 Å². The molecule has 0 spiro atoms. The van der Waals surface area contributed by atoms with Crippen LogP contribution >= 0.6 is 0 Å². The lowest BCUT2D eigenvalue weighted by molar-refractivity contribution is -0.138. The molecule has 0 heterocycles. The molecule has 0 rings (SSSR count). The molecular weight excluding hydrogens is 678 g/mol. The highest BCUT2D eigenvalue weighted by molar-refractivity contribution is 5.76. The fourth-order valence-electron chi connectivity index (χ4n) is 5.13. The van der Waals surface area contributed by atoms with Crippen LogP contribution in [0.2, 0.25) is 0 Å². The van der Waals surface area contributed by atoms with E-state index in [4.69, 9.17) is 29.5 Å². The smallest absolute Gasteiger partial charge is 0.303 e. The van der Waals surface area contributed by atoms with Crippen LogP contribution in [0.5, 0.6) is 0 Å². The lowest BCUT2D eigenvalue weighted by atomic mass is 10.1. The molecule has 0 atom stereocenters. The zero-order valence-electron chi connectivity index (χ0n) is 31.3. The summed E-state index contributed by atoms with van der Waals surface area (Å²) in [6.45, 7) is 3.19. The largest absolute Gasteiger partial charge is 0.481 e. The summed E-state index contributed by atoms with van der Waals surface area (Å²) in [5, 5.41) is 34.6. The molecule has 0 aromatic rings. The number of carbonyl (C=O) groups is 6. The van der Waals surface area contributed by atoms with Gasteiger partial charge in [0.2, 0.25) is 17.7 Å². The van der Waals surface area contributed by atoms with Crippen molar-refractivity contribution in [2.45, 2.75) is 135 Å². The molecule has 0 unspecified atom stereocenters. The number of nitrogens with one attached hydrogen (secondary N) is 3. The summed E-state index contributed by atoms with van der Waals surface area (Å²) in [6.07, 6.45) is 13.9. The highest BCUT2D eigenvalue weighted by Gasteiger charge is 2.13. The average molecular weight is 746 g/mol. The molecule has 0 aromatic carbocycles. The van der Waals surface area contributed by atoms with Crippen molar-refractivity contribution in [1.82, 2.24) is 16.0 Å². The molecule has 3 amide bonds. The second-order valence-corrected chi connectivity index (χ2v) is 13.1. The predicted molar refractivity (Wildman–Crippen MR) is 195 cm³/mol. The van der Waals surface area contributed by atoms with Gasteiger partial charge in [-0.05, 0) is 38.5 Å². The normalized spacial score (nSPS) is 11.0. The summed E-state index contributed by atoms with van der Waals surface area (Å²) in [7, 11) is 0. The second kappa shape index (κ2) is 36.1. The van der Waals surface area contributed by atoms with Crippen LogP contribution in [0.15, 0.2) is 0 Å². The SMILES string of the molecule is O=C(O)CCCCCCCNC(=O)CCOCC(COCCC(=O)NCCCCCCCC(=O)O)COCCC(=O)NCCCCCCCC(=O)O. The Balaban J connectivity index is 4.30. The van der Waals surface area contributed by atoms with Crippen LogP contribution in [-0.4, -0.2) is 110 Å². The molecule has 302 valence electrons. The Kier molecular flexibility index (Phi) is 33.8. The van der Waals surface area contributed by atoms with Gasteiger partial charge in [0, 0.05) is 64.1 Å². The third-order valence-electron chi connectivity index (χ3n) is 8.15. The highest BCUT2D eigenvalue weighted by atomic mass is 16.5. The molecule has 0 radical (unpaired) electrons. The molecule has 0 saturated heterocycles. The van der Waals surface area contributed by atoms with Gasteiger partial charge in [-0.15, -0.1) is 0 Å². The zero-order valence-corrected chi connectivity index (χ0v) is 31.3. The van der Waals surface area contributed by atoms with E-state index in [1.165, 1.54) is 0 Å². The number of hydrogen-bond donors (Lipinski definition) is 6. The van der Waals surface area contributed by atoms with Crippen molar-refractivity contribution in [3.8, 4) is 0 Å². The van der Waals surface area contributed by atoms with Crippen molar-refractivity contribution in [2.75, 3.05) is 59.3 Å². The van der Waals surface area contributed by atoms with E-state index in [0.29, 0.717) is 38.9 Å². The molecule has 6 N–H and O–H groups in total. The first-order valence-electron chi connectivity index (χ1n) is 19.3. The van der Waals surface area contributed by atoms with Crippen LogP contribution in [0.25, 0.3) is 0 Å². The van der Waals surface area contributed by atoms with Crippen molar-refractivity contribution >= 4 is 35.6 Å². The zero-order chi connectivity index (χ0) is 38.5. The third kappa shape index (κ3) is 37.9. The first kappa shape index (κ1) is 48.7. The number of aliphatic carboxylic acids is 3. The molecular formula is C37H67N3O12. The number of unbranched alkanes of at least 4 members (excludes halogenated alkanes) is 12. The van der Waals surface area contributed by atoms with Crippen LogP contribution in [0.4, 0.5) is 0 Å². The van der Waals surface area contributed by atoms with E-state index in [9.17, 15) is 28.8 Å². The van der Waals surface area contributed by atoms with Crippen LogP contribution in [-0.2, 0) is 43.0 Å². The monoisotopic (exact) mass is 745 g/mol. The predicted octanol–water partition coefficient (Wildman–Crippen LogP) is 4.45. The lowest BCUT2D eigenvalue weighted by Gasteiger charge is -2.18. The number of carboxylic acids is 3. The van der Waals surface area contributed by atoms with Gasteiger partial charge in [0.1, 0.15) is 0 Å². The van der Waals surface area contributed by atoms with Gasteiger partial charge in [0.15, 0.2) is 0 Å². The van der Waals surface area contributed by atoms with Crippen LogP contribution < -0.4 is 16.0 Å². The van der Waals surface area contributed by atoms with Gasteiger partial charge >= 0.3 is 17.9 Å². The van der Waals surface area contributed by atoms with E-state index >= 15 is 0 Å². The van der Waals surface area contributed by atoms with Gasteiger partial charge in [0.05, 0.1) is 39.6 Å². The molecule has 0 aliphatic carbocycles. The van der Waals surface area contributed by atoms with Crippen LogP contribution in [0.3, 0.4) is 0 Å². The number of amides is 3.